The summed E-state index contributed by atoms with van der Waals surface area (Å²) in [5.41, 5.74) is 2.25. The predicted molar refractivity (Wildman–Crippen MR) is 89.7 cm³/mol. The third-order valence-electron chi connectivity index (χ3n) is 3.64. The number of hydrogen-bond acceptors (Lipinski definition) is 3. The second-order valence-corrected chi connectivity index (χ2v) is 5.31. The van der Waals surface area contributed by atoms with Gasteiger partial charge in [-0.1, -0.05) is 36.4 Å². The minimum Gasteiger partial charge on any atom is -0.507 e. The second kappa shape index (κ2) is 6.96. The van der Waals surface area contributed by atoms with E-state index in [4.69, 9.17) is 4.74 Å². The van der Waals surface area contributed by atoms with E-state index in [1.165, 1.54) is 24.3 Å². The van der Waals surface area contributed by atoms with Crippen LogP contribution in [0.1, 0.15) is 15.9 Å². The molecule has 1 N–H and O–H groups in total. The van der Waals surface area contributed by atoms with Gasteiger partial charge in [0, 0.05) is 5.56 Å². The number of aromatic hydroxyl groups is 1. The van der Waals surface area contributed by atoms with Crippen LogP contribution in [-0.4, -0.2) is 11.4 Å². The third-order valence-corrected chi connectivity index (χ3v) is 3.64. The standard InChI is InChI=1S/C20H15FO3/c21-17-7-9-20(24-13-14-4-2-1-3-5-14)18(11-17)15-6-8-19(23)16(10-15)12-22/h1-12,23H,13H2. The molecule has 3 aromatic carbocycles. The van der Waals surface area contributed by atoms with Gasteiger partial charge in [0.05, 0.1) is 5.56 Å². The van der Waals surface area contributed by atoms with Crippen molar-refractivity contribution < 1.29 is 19.0 Å². The molecule has 4 heteroatoms. The molecule has 0 saturated carbocycles. The summed E-state index contributed by atoms with van der Waals surface area (Å²) in [6, 6.07) is 18.4. The van der Waals surface area contributed by atoms with Gasteiger partial charge in [-0.2, -0.15) is 0 Å². The van der Waals surface area contributed by atoms with Crippen LogP contribution in [0.4, 0.5) is 4.39 Å². The van der Waals surface area contributed by atoms with Gasteiger partial charge in [0.1, 0.15) is 23.9 Å². The summed E-state index contributed by atoms with van der Waals surface area (Å²) in [4.78, 5) is 11.0. The molecule has 0 amide bonds. The van der Waals surface area contributed by atoms with Crippen LogP contribution >= 0.6 is 0 Å². The maximum absolute atomic E-state index is 13.7. The van der Waals surface area contributed by atoms with Gasteiger partial charge in [0.15, 0.2) is 6.29 Å². The molecule has 0 saturated heterocycles. The van der Waals surface area contributed by atoms with Crippen molar-refractivity contribution in [1.82, 2.24) is 0 Å². The highest BCUT2D eigenvalue weighted by atomic mass is 19.1. The van der Waals surface area contributed by atoms with Gasteiger partial charge in [-0.15, -0.1) is 0 Å². The summed E-state index contributed by atoms with van der Waals surface area (Å²) >= 11 is 0. The largest absolute Gasteiger partial charge is 0.507 e. The Morgan fingerprint density at radius 2 is 1.79 bits per heavy atom. The van der Waals surface area contributed by atoms with Crippen molar-refractivity contribution in [3.05, 3.63) is 83.7 Å². The molecule has 0 bridgehead atoms. The molecule has 0 aliphatic rings. The highest BCUT2D eigenvalue weighted by Gasteiger charge is 2.11. The lowest BCUT2D eigenvalue weighted by molar-refractivity contribution is 0.112. The number of benzene rings is 3. The first-order chi connectivity index (χ1) is 11.7. The van der Waals surface area contributed by atoms with Crippen LogP contribution in [0.5, 0.6) is 11.5 Å². The molecule has 0 unspecified atom stereocenters. The van der Waals surface area contributed by atoms with Crippen LogP contribution < -0.4 is 4.74 Å². The number of rotatable bonds is 5. The normalized spacial score (nSPS) is 10.4. The van der Waals surface area contributed by atoms with E-state index < -0.39 is 5.82 Å². The number of halogens is 1. The van der Waals surface area contributed by atoms with Crippen molar-refractivity contribution in [3.63, 3.8) is 0 Å². The SMILES string of the molecule is O=Cc1cc(-c2cc(F)ccc2OCc2ccccc2)ccc1O. The minimum atomic E-state index is -0.405. The fourth-order valence-corrected chi connectivity index (χ4v) is 2.41. The number of carbonyl (C=O) groups excluding carboxylic acids is 1. The molecule has 0 aliphatic carbocycles. The van der Waals surface area contributed by atoms with Crippen molar-refractivity contribution in [2.75, 3.05) is 0 Å². The molecule has 24 heavy (non-hydrogen) atoms. The smallest absolute Gasteiger partial charge is 0.153 e. The fourth-order valence-electron chi connectivity index (χ4n) is 2.41. The molecule has 0 spiro atoms. The Labute approximate surface area is 139 Å². The van der Waals surface area contributed by atoms with E-state index in [-0.39, 0.29) is 11.3 Å². The number of carbonyl (C=O) groups is 1. The van der Waals surface area contributed by atoms with Crippen molar-refractivity contribution in [1.29, 1.82) is 0 Å². The Morgan fingerprint density at radius 3 is 2.54 bits per heavy atom. The molecule has 3 aromatic rings. The zero-order valence-electron chi connectivity index (χ0n) is 12.8. The number of hydrogen-bond donors (Lipinski definition) is 1. The molecule has 0 radical (unpaired) electrons. The second-order valence-electron chi connectivity index (χ2n) is 5.31. The first kappa shape index (κ1) is 15.7. The number of aldehydes is 1. The number of phenols is 1. The van der Waals surface area contributed by atoms with E-state index in [1.807, 2.05) is 30.3 Å². The van der Waals surface area contributed by atoms with Gasteiger partial charge < -0.3 is 9.84 Å². The van der Waals surface area contributed by atoms with Gasteiger partial charge in [0.2, 0.25) is 0 Å². The van der Waals surface area contributed by atoms with Crippen molar-refractivity contribution >= 4 is 6.29 Å². The summed E-state index contributed by atoms with van der Waals surface area (Å²) in [5, 5.41) is 9.62. The Bertz CT molecular complexity index is 860. The molecular weight excluding hydrogens is 307 g/mol. The number of phenolic OH excluding ortho intramolecular Hbond substituents is 1. The third kappa shape index (κ3) is 3.43. The topological polar surface area (TPSA) is 46.5 Å². The first-order valence-electron chi connectivity index (χ1n) is 7.42. The lowest BCUT2D eigenvalue weighted by atomic mass is 10.0. The van der Waals surface area contributed by atoms with Gasteiger partial charge >= 0.3 is 0 Å². The van der Waals surface area contributed by atoms with E-state index in [9.17, 15) is 14.3 Å². The highest BCUT2D eigenvalue weighted by molar-refractivity contribution is 5.83. The molecule has 0 aliphatic heterocycles. The Balaban J connectivity index is 1.95. The molecule has 0 fully saturated rings. The Hall–Kier alpha value is -3.14. The molecule has 0 aromatic heterocycles. The summed E-state index contributed by atoms with van der Waals surface area (Å²) in [5.74, 6) is -0.0162. The zero-order chi connectivity index (χ0) is 16.9. The van der Waals surface area contributed by atoms with E-state index in [1.54, 1.807) is 12.1 Å². The maximum atomic E-state index is 13.7. The average molecular weight is 322 g/mol. The van der Waals surface area contributed by atoms with Crippen LogP contribution in [0.3, 0.4) is 0 Å². The molecule has 3 nitrogen and oxygen atoms in total. The summed E-state index contributed by atoms with van der Waals surface area (Å²) in [7, 11) is 0. The lowest BCUT2D eigenvalue weighted by Gasteiger charge is -2.13. The van der Waals surface area contributed by atoms with Gasteiger partial charge in [0.25, 0.3) is 0 Å². The Morgan fingerprint density at radius 1 is 1.00 bits per heavy atom. The van der Waals surface area contributed by atoms with Crippen molar-refractivity contribution in [3.8, 4) is 22.6 Å². The highest BCUT2D eigenvalue weighted by Crippen LogP contribution is 2.33. The monoisotopic (exact) mass is 322 g/mol. The van der Waals surface area contributed by atoms with E-state index in [0.29, 0.717) is 29.8 Å². The molecule has 0 atom stereocenters. The van der Waals surface area contributed by atoms with Crippen LogP contribution in [-0.2, 0) is 6.61 Å². The molecule has 0 heterocycles. The number of ether oxygens (including phenoxy) is 1. The summed E-state index contributed by atoms with van der Waals surface area (Å²) in [6.45, 7) is 0.345. The van der Waals surface area contributed by atoms with Crippen LogP contribution in [0, 0.1) is 5.82 Å². The van der Waals surface area contributed by atoms with Crippen LogP contribution in [0.2, 0.25) is 0 Å². The summed E-state index contributed by atoms with van der Waals surface area (Å²) < 4.78 is 19.5. The van der Waals surface area contributed by atoms with Gasteiger partial charge in [-0.25, -0.2) is 4.39 Å². The van der Waals surface area contributed by atoms with Gasteiger partial charge in [-0.05, 0) is 41.5 Å². The van der Waals surface area contributed by atoms with Crippen LogP contribution in [0.15, 0.2) is 66.7 Å². The van der Waals surface area contributed by atoms with Gasteiger partial charge in [-0.3, -0.25) is 4.79 Å². The lowest BCUT2D eigenvalue weighted by Crippen LogP contribution is -1.97. The predicted octanol–water partition coefficient (Wildman–Crippen LogP) is 4.59. The average Bonchev–Trinajstić information content (AvgIpc) is 2.62. The van der Waals surface area contributed by atoms with Crippen molar-refractivity contribution in [2.24, 2.45) is 0 Å². The molecule has 120 valence electrons. The first-order valence-corrected chi connectivity index (χ1v) is 7.42. The van der Waals surface area contributed by atoms with E-state index in [2.05, 4.69) is 0 Å². The fraction of sp³-hybridized carbons (Fsp3) is 0.0500. The summed E-state index contributed by atoms with van der Waals surface area (Å²) in [6.07, 6.45) is 0.558. The Kier molecular flexibility index (Phi) is 4.57. The van der Waals surface area contributed by atoms with E-state index >= 15 is 0 Å². The van der Waals surface area contributed by atoms with E-state index in [0.717, 1.165) is 5.56 Å². The zero-order valence-corrected chi connectivity index (χ0v) is 12.8. The van der Waals surface area contributed by atoms with Crippen LogP contribution in [0.25, 0.3) is 11.1 Å². The minimum absolute atomic E-state index is 0.114. The van der Waals surface area contributed by atoms with Crippen molar-refractivity contribution in [2.45, 2.75) is 6.61 Å². The quantitative estimate of drug-likeness (QED) is 0.699. The molecular formula is C20H15FO3. The maximum Gasteiger partial charge on any atom is 0.153 e. The molecule has 3 rings (SSSR count).